The quantitative estimate of drug-likeness (QED) is 0.930. The number of benzene rings is 2. The van der Waals surface area contributed by atoms with Crippen LogP contribution < -0.4 is 9.64 Å². The number of aliphatic hydroxyl groups is 1. The maximum absolute atomic E-state index is 12.1. The summed E-state index contributed by atoms with van der Waals surface area (Å²) in [6.45, 7) is 0.441. The van der Waals surface area contributed by atoms with E-state index in [1.54, 1.807) is 18.1 Å². The van der Waals surface area contributed by atoms with Crippen molar-refractivity contribution in [2.45, 2.75) is 12.6 Å². The molecule has 20 heavy (non-hydrogen) atoms. The summed E-state index contributed by atoms with van der Waals surface area (Å²) in [6.07, 6.45) is -1.05. The molecule has 3 rings (SSSR count). The number of methoxy groups -OCH3 is 1. The molecule has 1 unspecified atom stereocenters. The number of carbonyl (C=O) groups excluding carboxylic acids is 1. The lowest BCUT2D eigenvalue weighted by Gasteiger charge is -2.17. The molecule has 2 aromatic rings. The van der Waals surface area contributed by atoms with E-state index in [2.05, 4.69) is 0 Å². The Kier molecular flexibility index (Phi) is 3.16. The zero-order valence-electron chi connectivity index (χ0n) is 11.1. The van der Waals surface area contributed by atoms with Crippen molar-refractivity contribution in [3.63, 3.8) is 0 Å². The molecule has 1 atom stereocenters. The lowest BCUT2D eigenvalue weighted by atomic mass is 10.1. The maximum Gasteiger partial charge on any atom is 0.260 e. The van der Waals surface area contributed by atoms with Gasteiger partial charge in [0.15, 0.2) is 6.10 Å². The largest absolute Gasteiger partial charge is 0.497 e. The van der Waals surface area contributed by atoms with Crippen LogP contribution in [-0.4, -0.2) is 18.1 Å². The van der Waals surface area contributed by atoms with Gasteiger partial charge in [-0.05, 0) is 23.8 Å². The van der Waals surface area contributed by atoms with Gasteiger partial charge in [0.25, 0.3) is 5.91 Å². The monoisotopic (exact) mass is 269 g/mol. The number of para-hydroxylation sites is 1. The van der Waals surface area contributed by atoms with Crippen LogP contribution >= 0.6 is 0 Å². The van der Waals surface area contributed by atoms with E-state index in [4.69, 9.17) is 4.74 Å². The number of hydrogen-bond acceptors (Lipinski definition) is 3. The number of aliphatic hydroxyl groups excluding tert-OH is 1. The van der Waals surface area contributed by atoms with Gasteiger partial charge >= 0.3 is 0 Å². The van der Waals surface area contributed by atoms with Crippen LogP contribution in [0, 0.1) is 0 Å². The van der Waals surface area contributed by atoms with E-state index >= 15 is 0 Å². The van der Waals surface area contributed by atoms with Crippen molar-refractivity contribution in [2.75, 3.05) is 12.0 Å². The second kappa shape index (κ2) is 4.98. The highest BCUT2D eigenvalue weighted by Crippen LogP contribution is 2.36. The lowest BCUT2D eigenvalue weighted by Crippen LogP contribution is -2.28. The molecule has 0 spiro atoms. The molecular formula is C16H15NO3. The van der Waals surface area contributed by atoms with Gasteiger partial charge in [-0.2, -0.15) is 0 Å². The third kappa shape index (κ3) is 2.04. The summed E-state index contributed by atoms with van der Waals surface area (Å²) in [5.41, 5.74) is 2.44. The Morgan fingerprint density at radius 2 is 1.85 bits per heavy atom. The minimum absolute atomic E-state index is 0.276. The fourth-order valence-electron chi connectivity index (χ4n) is 2.44. The van der Waals surface area contributed by atoms with Crippen molar-refractivity contribution in [1.82, 2.24) is 0 Å². The number of amides is 1. The standard InChI is InChI=1S/C16H15NO3/c1-20-12-8-6-11(7-9-12)10-17-14-5-3-2-4-13(14)15(18)16(17)19/h2-9,15,18H,10H2,1H3. The van der Waals surface area contributed by atoms with E-state index in [0.29, 0.717) is 12.1 Å². The fourth-order valence-corrected chi connectivity index (χ4v) is 2.44. The van der Waals surface area contributed by atoms with Crippen molar-refractivity contribution in [2.24, 2.45) is 0 Å². The molecule has 4 heteroatoms. The maximum atomic E-state index is 12.1. The lowest BCUT2D eigenvalue weighted by molar-refractivity contribution is -0.125. The number of anilines is 1. The zero-order chi connectivity index (χ0) is 14.1. The average Bonchev–Trinajstić information content (AvgIpc) is 2.74. The number of rotatable bonds is 3. The molecule has 1 N–H and O–H groups in total. The molecule has 0 saturated carbocycles. The molecule has 1 heterocycles. The smallest absolute Gasteiger partial charge is 0.260 e. The summed E-state index contributed by atoms with van der Waals surface area (Å²) in [6, 6.07) is 14.9. The van der Waals surface area contributed by atoms with Crippen LogP contribution in [0.2, 0.25) is 0 Å². The first-order valence-electron chi connectivity index (χ1n) is 6.42. The molecule has 0 saturated heterocycles. The molecule has 1 aliphatic heterocycles. The first kappa shape index (κ1) is 12.7. The van der Waals surface area contributed by atoms with E-state index in [0.717, 1.165) is 17.0 Å². The first-order chi connectivity index (χ1) is 9.70. The van der Waals surface area contributed by atoms with Crippen LogP contribution in [0.5, 0.6) is 5.75 Å². The average molecular weight is 269 g/mol. The SMILES string of the molecule is COc1ccc(CN2C(=O)C(O)c3ccccc32)cc1. The van der Waals surface area contributed by atoms with E-state index in [9.17, 15) is 9.90 Å². The van der Waals surface area contributed by atoms with Crippen LogP contribution in [0.15, 0.2) is 48.5 Å². The summed E-state index contributed by atoms with van der Waals surface area (Å²) in [7, 11) is 1.62. The highest BCUT2D eigenvalue weighted by molar-refractivity contribution is 6.03. The highest BCUT2D eigenvalue weighted by atomic mass is 16.5. The molecule has 1 aliphatic rings. The Morgan fingerprint density at radius 1 is 1.15 bits per heavy atom. The number of carbonyl (C=O) groups is 1. The summed E-state index contributed by atoms with van der Waals surface area (Å²) in [5.74, 6) is 0.504. The van der Waals surface area contributed by atoms with E-state index in [1.165, 1.54) is 0 Å². The molecule has 0 aliphatic carbocycles. The van der Waals surface area contributed by atoms with Gasteiger partial charge in [-0.1, -0.05) is 30.3 Å². The third-order valence-corrected chi connectivity index (χ3v) is 3.52. The summed E-state index contributed by atoms with van der Waals surface area (Å²) in [5, 5.41) is 9.97. The first-order valence-corrected chi connectivity index (χ1v) is 6.42. The number of hydrogen-bond donors (Lipinski definition) is 1. The van der Waals surface area contributed by atoms with Crippen molar-refractivity contribution < 1.29 is 14.6 Å². The van der Waals surface area contributed by atoms with Crippen LogP contribution in [0.25, 0.3) is 0 Å². The van der Waals surface area contributed by atoms with Crippen molar-refractivity contribution in [3.8, 4) is 5.75 Å². The van der Waals surface area contributed by atoms with Gasteiger partial charge in [-0.25, -0.2) is 0 Å². The molecule has 0 bridgehead atoms. The van der Waals surface area contributed by atoms with E-state index in [-0.39, 0.29) is 5.91 Å². The highest BCUT2D eigenvalue weighted by Gasteiger charge is 2.35. The van der Waals surface area contributed by atoms with Crippen molar-refractivity contribution in [1.29, 1.82) is 0 Å². The fraction of sp³-hybridized carbons (Fsp3) is 0.188. The van der Waals surface area contributed by atoms with Crippen LogP contribution in [0.3, 0.4) is 0 Å². The minimum Gasteiger partial charge on any atom is -0.497 e. The normalized spacial score (nSPS) is 17.2. The van der Waals surface area contributed by atoms with Gasteiger partial charge in [0.05, 0.1) is 19.3 Å². The summed E-state index contributed by atoms with van der Waals surface area (Å²) in [4.78, 5) is 13.8. The molecule has 1 amide bonds. The molecule has 0 fully saturated rings. The van der Waals surface area contributed by atoms with Crippen molar-refractivity contribution in [3.05, 3.63) is 59.7 Å². The Morgan fingerprint density at radius 3 is 2.55 bits per heavy atom. The second-order valence-corrected chi connectivity index (χ2v) is 4.73. The Hall–Kier alpha value is -2.33. The predicted octanol–water partition coefficient (Wildman–Crippen LogP) is 2.28. The molecule has 102 valence electrons. The molecule has 0 aromatic heterocycles. The molecular weight excluding hydrogens is 254 g/mol. The number of fused-ring (bicyclic) bond motifs is 1. The Labute approximate surface area is 117 Å². The van der Waals surface area contributed by atoms with Gasteiger partial charge in [-0.15, -0.1) is 0 Å². The minimum atomic E-state index is -1.05. The summed E-state index contributed by atoms with van der Waals surface area (Å²) < 4.78 is 5.11. The number of ether oxygens (including phenoxy) is 1. The van der Waals surface area contributed by atoms with Crippen LogP contribution in [0.1, 0.15) is 17.2 Å². The van der Waals surface area contributed by atoms with Gasteiger partial charge in [0, 0.05) is 5.56 Å². The van der Waals surface area contributed by atoms with Gasteiger partial charge in [-0.3, -0.25) is 4.79 Å². The Balaban J connectivity index is 1.88. The van der Waals surface area contributed by atoms with E-state index < -0.39 is 6.10 Å². The van der Waals surface area contributed by atoms with Gasteiger partial charge in [0.2, 0.25) is 0 Å². The van der Waals surface area contributed by atoms with Crippen molar-refractivity contribution >= 4 is 11.6 Å². The molecule has 4 nitrogen and oxygen atoms in total. The molecule has 2 aromatic carbocycles. The summed E-state index contributed by atoms with van der Waals surface area (Å²) >= 11 is 0. The number of nitrogens with zero attached hydrogens (tertiary/aromatic N) is 1. The third-order valence-electron chi connectivity index (χ3n) is 3.52. The van der Waals surface area contributed by atoms with Gasteiger partial charge < -0.3 is 14.7 Å². The Bertz CT molecular complexity index is 636. The predicted molar refractivity (Wildman–Crippen MR) is 75.6 cm³/mol. The molecule has 0 radical (unpaired) electrons. The van der Waals surface area contributed by atoms with Crippen LogP contribution in [0.4, 0.5) is 5.69 Å². The topological polar surface area (TPSA) is 49.8 Å². The van der Waals surface area contributed by atoms with Crippen LogP contribution in [-0.2, 0) is 11.3 Å². The van der Waals surface area contributed by atoms with Gasteiger partial charge in [0.1, 0.15) is 5.75 Å². The second-order valence-electron chi connectivity index (χ2n) is 4.73. The van der Waals surface area contributed by atoms with E-state index in [1.807, 2.05) is 42.5 Å². The zero-order valence-corrected chi connectivity index (χ0v) is 11.1.